The van der Waals surface area contributed by atoms with Crippen LogP contribution in [-0.4, -0.2) is 46.8 Å². The highest BCUT2D eigenvalue weighted by Crippen LogP contribution is 2.23. The summed E-state index contributed by atoms with van der Waals surface area (Å²) in [5, 5.41) is 8.94. The first kappa shape index (κ1) is 14.0. The van der Waals surface area contributed by atoms with Crippen LogP contribution in [-0.2, 0) is 21.5 Å². The van der Waals surface area contributed by atoms with E-state index in [9.17, 15) is 4.79 Å². The van der Waals surface area contributed by atoms with Crippen LogP contribution in [0.1, 0.15) is 32.4 Å². The van der Waals surface area contributed by atoms with Crippen LogP contribution < -0.4 is 0 Å². The fraction of sp³-hybridized carbons (Fsp3) is 0.692. The van der Waals surface area contributed by atoms with Crippen LogP contribution in [0.5, 0.6) is 0 Å². The number of hydrogen-bond donors (Lipinski definition) is 1. The summed E-state index contributed by atoms with van der Waals surface area (Å²) in [7, 11) is 0. The van der Waals surface area contributed by atoms with E-state index >= 15 is 0 Å². The Morgan fingerprint density at radius 1 is 1.58 bits per heavy atom. The van der Waals surface area contributed by atoms with Gasteiger partial charge in [0.05, 0.1) is 19.3 Å². The Bertz CT molecular complexity index is 450. The molecular formula is C13H20N2O4. The van der Waals surface area contributed by atoms with Gasteiger partial charge in [0.15, 0.2) is 6.10 Å². The molecule has 0 saturated carbocycles. The van der Waals surface area contributed by atoms with E-state index in [1.54, 1.807) is 6.20 Å². The molecule has 0 spiro atoms. The maximum atomic E-state index is 10.9. The lowest BCUT2D eigenvalue weighted by Crippen LogP contribution is -2.45. The Hall–Kier alpha value is -1.40. The Morgan fingerprint density at radius 3 is 2.89 bits per heavy atom. The van der Waals surface area contributed by atoms with Crippen molar-refractivity contribution in [3.63, 3.8) is 0 Å². The molecule has 6 nitrogen and oxygen atoms in total. The molecule has 0 bridgehead atoms. The Labute approximate surface area is 112 Å². The molecule has 1 aromatic rings. The lowest BCUT2D eigenvalue weighted by molar-refractivity contribution is -0.156. The second kappa shape index (κ2) is 5.30. The summed E-state index contributed by atoms with van der Waals surface area (Å²) in [6.45, 7) is 8.18. The number of carbonyl (C=O) groups is 1. The minimum atomic E-state index is -0.924. The van der Waals surface area contributed by atoms with Gasteiger partial charge in [-0.1, -0.05) is 20.8 Å². The number of carboxylic acid groups (broad SMARTS) is 1. The van der Waals surface area contributed by atoms with Gasteiger partial charge in [-0.25, -0.2) is 9.78 Å². The maximum absolute atomic E-state index is 10.9. The average molecular weight is 268 g/mol. The number of carboxylic acids is 1. The molecule has 1 saturated heterocycles. The van der Waals surface area contributed by atoms with Crippen molar-refractivity contribution >= 4 is 5.97 Å². The summed E-state index contributed by atoms with van der Waals surface area (Å²) in [6, 6.07) is 0. The third kappa shape index (κ3) is 3.54. The van der Waals surface area contributed by atoms with E-state index in [1.165, 1.54) is 0 Å². The molecule has 1 aliphatic heterocycles. The van der Waals surface area contributed by atoms with Crippen molar-refractivity contribution in [1.29, 1.82) is 0 Å². The second-order valence-corrected chi connectivity index (χ2v) is 5.80. The Morgan fingerprint density at radius 2 is 2.32 bits per heavy atom. The third-order valence-electron chi connectivity index (χ3n) is 3.08. The molecule has 2 rings (SSSR count). The largest absolute Gasteiger partial charge is 0.479 e. The van der Waals surface area contributed by atoms with Crippen molar-refractivity contribution in [2.45, 2.75) is 38.8 Å². The molecule has 1 atom stereocenters. The quantitative estimate of drug-likeness (QED) is 0.889. The summed E-state index contributed by atoms with van der Waals surface area (Å²) in [4.78, 5) is 17.1. The van der Waals surface area contributed by atoms with Gasteiger partial charge in [0.2, 0.25) is 5.89 Å². The number of oxazole rings is 1. The highest BCUT2D eigenvalue weighted by atomic mass is 16.5. The van der Waals surface area contributed by atoms with Crippen molar-refractivity contribution in [3.05, 3.63) is 17.8 Å². The topological polar surface area (TPSA) is 75.8 Å². The van der Waals surface area contributed by atoms with E-state index < -0.39 is 12.1 Å². The SMILES string of the molecule is CC(C)(C)c1cnc(CN2CCOC(C(=O)O)C2)o1. The summed E-state index contributed by atoms with van der Waals surface area (Å²) >= 11 is 0. The molecule has 1 fully saturated rings. The standard InChI is InChI=1S/C13H20N2O4/c1-13(2,3)10-6-14-11(19-10)8-15-4-5-18-9(7-15)12(16)17/h6,9H,4-5,7-8H2,1-3H3,(H,16,17). The molecule has 0 amide bonds. The molecule has 2 heterocycles. The minimum absolute atomic E-state index is 0.0696. The lowest BCUT2D eigenvalue weighted by Gasteiger charge is -2.29. The van der Waals surface area contributed by atoms with E-state index in [0.29, 0.717) is 32.1 Å². The predicted octanol–water partition coefficient (Wildman–Crippen LogP) is 1.26. The molecule has 6 heteroatoms. The second-order valence-electron chi connectivity index (χ2n) is 5.80. The minimum Gasteiger partial charge on any atom is -0.479 e. The lowest BCUT2D eigenvalue weighted by atomic mass is 9.94. The fourth-order valence-electron chi connectivity index (χ4n) is 1.92. The highest BCUT2D eigenvalue weighted by Gasteiger charge is 2.27. The maximum Gasteiger partial charge on any atom is 0.334 e. The smallest absolute Gasteiger partial charge is 0.334 e. The molecule has 1 aliphatic rings. The zero-order chi connectivity index (χ0) is 14.0. The Kier molecular flexibility index (Phi) is 3.91. The molecule has 0 radical (unpaired) electrons. The number of aliphatic carboxylic acids is 1. The van der Waals surface area contributed by atoms with Crippen LogP contribution in [0, 0.1) is 0 Å². The van der Waals surface area contributed by atoms with Crippen LogP contribution in [0.4, 0.5) is 0 Å². The summed E-state index contributed by atoms with van der Waals surface area (Å²) in [6.07, 6.45) is 0.982. The van der Waals surface area contributed by atoms with Crippen LogP contribution >= 0.6 is 0 Å². The van der Waals surface area contributed by atoms with Gasteiger partial charge in [0.1, 0.15) is 5.76 Å². The zero-order valence-corrected chi connectivity index (χ0v) is 11.5. The molecule has 1 unspecified atom stereocenters. The van der Waals surface area contributed by atoms with Crippen LogP contribution in [0.3, 0.4) is 0 Å². The van der Waals surface area contributed by atoms with Gasteiger partial charge < -0.3 is 14.3 Å². The van der Waals surface area contributed by atoms with Gasteiger partial charge in [-0.2, -0.15) is 0 Å². The van der Waals surface area contributed by atoms with Crippen LogP contribution in [0.15, 0.2) is 10.6 Å². The zero-order valence-electron chi connectivity index (χ0n) is 11.5. The molecule has 1 N–H and O–H groups in total. The summed E-state index contributed by atoms with van der Waals surface area (Å²) in [5.74, 6) is 0.536. The number of ether oxygens (including phenoxy) is 1. The van der Waals surface area contributed by atoms with Crippen molar-refractivity contribution in [2.75, 3.05) is 19.7 Å². The van der Waals surface area contributed by atoms with Gasteiger partial charge in [0.25, 0.3) is 0 Å². The molecular weight excluding hydrogens is 248 g/mol. The summed E-state index contributed by atoms with van der Waals surface area (Å²) in [5.41, 5.74) is -0.0696. The number of morpholine rings is 1. The van der Waals surface area contributed by atoms with Crippen LogP contribution in [0.2, 0.25) is 0 Å². The number of rotatable bonds is 3. The van der Waals surface area contributed by atoms with Crippen molar-refractivity contribution < 1.29 is 19.1 Å². The van der Waals surface area contributed by atoms with Gasteiger partial charge in [-0.05, 0) is 0 Å². The first-order valence-corrected chi connectivity index (χ1v) is 6.38. The fourth-order valence-corrected chi connectivity index (χ4v) is 1.92. The molecule has 0 aliphatic carbocycles. The number of aromatic nitrogens is 1. The molecule has 1 aromatic heterocycles. The normalized spacial score (nSPS) is 21.5. The van der Waals surface area contributed by atoms with E-state index in [1.807, 2.05) is 4.90 Å². The van der Waals surface area contributed by atoms with Gasteiger partial charge >= 0.3 is 5.97 Å². The van der Waals surface area contributed by atoms with E-state index in [2.05, 4.69) is 25.8 Å². The van der Waals surface area contributed by atoms with Gasteiger partial charge in [0, 0.05) is 18.5 Å². The van der Waals surface area contributed by atoms with Crippen molar-refractivity contribution in [1.82, 2.24) is 9.88 Å². The van der Waals surface area contributed by atoms with E-state index in [4.69, 9.17) is 14.3 Å². The van der Waals surface area contributed by atoms with Crippen molar-refractivity contribution in [3.8, 4) is 0 Å². The first-order valence-electron chi connectivity index (χ1n) is 6.38. The third-order valence-corrected chi connectivity index (χ3v) is 3.08. The monoisotopic (exact) mass is 268 g/mol. The first-order chi connectivity index (χ1) is 8.86. The summed E-state index contributed by atoms with van der Waals surface area (Å²) < 4.78 is 10.9. The van der Waals surface area contributed by atoms with Gasteiger partial charge in [-0.3, -0.25) is 4.90 Å². The van der Waals surface area contributed by atoms with E-state index in [0.717, 1.165) is 5.76 Å². The number of nitrogens with zero attached hydrogens (tertiary/aromatic N) is 2. The van der Waals surface area contributed by atoms with Crippen LogP contribution in [0.25, 0.3) is 0 Å². The van der Waals surface area contributed by atoms with E-state index in [-0.39, 0.29) is 5.41 Å². The average Bonchev–Trinajstić information content (AvgIpc) is 2.77. The predicted molar refractivity (Wildman–Crippen MR) is 67.9 cm³/mol. The molecule has 106 valence electrons. The molecule has 0 aromatic carbocycles. The number of hydrogen-bond acceptors (Lipinski definition) is 5. The highest BCUT2D eigenvalue weighted by molar-refractivity contribution is 5.72. The van der Waals surface area contributed by atoms with Crippen molar-refractivity contribution in [2.24, 2.45) is 0 Å². The Balaban J connectivity index is 1.97. The van der Waals surface area contributed by atoms with Gasteiger partial charge in [-0.15, -0.1) is 0 Å². The molecule has 19 heavy (non-hydrogen) atoms.